The van der Waals surface area contributed by atoms with Gasteiger partial charge in [0.1, 0.15) is 24.8 Å². The molecule has 210 valence electrons. The average Bonchev–Trinajstić information content (AvgIpc) is 3.30. The summed E-state index contributed by atoms with van der Waals surface area (Å²) in [6.07, 6.45) is 4.92. The molecule has 0 spiro atoms. The molecule has 0 radical (unpaired) electrons. The molecule has 3 aromatic rings. The largest absolute Gasteiger partial charge is 0.486 e. The smallest absolute Gasteiger partial charge is 0.232 e. The van der Waals surface area contributed by atoms with Crippen molar-refractivity contribution in [2.45, 2.75) is 32.2 Å². The predicted octanol–water partition coefficient (Wildman–Crippen LogP) is 4.44. The Morgan fingerprint density at radius 1 is 0.725 bits per heavy atom. The van der Waals surface area contributed by atoms with Gasteiger partial charge in [-0.15, -0.1) is 0 Å². The van der Waals surface area contributed by atoms with Crippen molar-refractivity contribution in [1.82, 2.24) is 15.3 Å². The Bertz CT molecular complexity index is 1290. The first kappa shape index (κ1) is 26.4. The van der Waals surface area contributed by atoms with Crippen LogP contribution in [0.25, 0.3) is 0 Å². The molecule has 0 amide bonds. The zero-order valence-electron chi connectivity index (χ0n) is 22.8. The fraction of sp³-hybridized carbons (Fsp3) is 0.433. The van der Waals surface area contributed by atoms with Gasteiger partial charge in [0.15, 0.2) is 16.6 Å². The van der Waals surface area contributed by atoms with Gasteiger partial charge in [0.05, 0.1) is 0 Å². The van der Waals surface area contributed by atoms with E-state index in [1.807, 2.05) is 18.2 Å². The molecular formula is C30H37N7O2S. The van der Waals surface area contributed by atoms with Crippen molar-refractivity contribution in [3.05, 3.63) is 60.2 Å². The highest BCUT2D eigenvalue weighted by molar-refractivity contribution is 7.80. The summed E-state index contributed by atoms with van der Waals surface area (Å²) in [4.78, 5) is 17.0. The number of fused-ring (bicyclic) bond motifs is 1. The van der Waals surface area contributed by atoms with Crippen LogP contribution in [0.3, 0.4) is 0 Å². The molecule has 0 atom stereocenters. The minimum Gasteiger partial charge on any atom is -0.486 e. The van der Waals surface area contributed by atoms with E-state index in [9.17, 15) is 0 Å². The van der Waals surface area contributed by atoms with Crippen LogP contribution in [0.4, 0.5) is 23.3 Å². The van der Waals surface area contributed by atoms with Crippen LogP contribution in [-0.4, -0.2) is 67.6 Å². The minimum absolute atomic E-state index is 0.489. The lowest BCUT2D eigenvalue weighted by molar-refractivity contribution is 0.171. The summed E-state index contributed by atoms with van der Waals surface area (Å²) in [5, 5.41) is 7.05. The second kappa shape index (κ2) is 12.6. The number of nitrogens with zero attached hydrogens (tertiary/aromatic N) is 5. The molecule has 3 aliphatic rings. The summed E-state index contributed by atoms with van der Waals surface area (Å²) in [5.41, 5.74) is 2.33. The van der Waals surface area contributed by atoms with Gasteiger partial charge in [0.25, 0.3) is 0 Å². The number of nitrogens with one attached hydrogen (secondary N) is 2. The highest BCUT2D eigenvalue weighted by Crippen LogP contribution is 2.31. The highest BCUT2D eigenvalue weighted by atomic mass is 32.1. The van der Waals surface area contributed by atoms with Crippen LogP contribution in [-0.2, 0) is 6.54 Å². The number of piperazine rings is 1. The Morgan fingerprint density at radius 3 is 2.10 bits per heavy atom. The maximum Gasteiger partial charge on any atom is 0.232 e. The normalized spacial score (nSPS) is 17.2. The molecule has 4 heterocycles. The third kappa shape index (κ3) is 6.50. The van der Waals surface area contributed by atoms with Crippen LogP contribution in [0.2, 0.25) is 0 Å². The molecule has 10 heteroatoms. The lowest BCUT2D eigenvalue weighted by atomic mass is 10.2. The summed E-state index contributed by atoms with van der Waals surface area (Å²) in [6.45, 7) is 7.45. The van der Waals surface area contributed by atoms with Gasteiger partial charge < -0.3 is 34.8 Å². The summed E-state index contributed by atoms with van der Waals surface area (Å²) in [7, 11) is 0. The first-order valence-corrected chi connectivity index (χ1v) is 14.7. The summed E-state index contributed by atoms with van der Waals surface area (Å²) in [6, 6.07) is 18.7. The molecule has 0 unspecified atom stereocenters. The third-order valence-electron chi connectivity index (χ3n) is 7.64. The molecule has 2 fully saturated rings. The molecule has 0 aliphatic carbocycles. The van der Waals surface area contributed by atoms with E-state index in [1.165, 1.54) is 31.4 Å². The van der Waals surface area contributed by atoms with E-state index in [1.54, 1.807) is 0 Å². The van der Waals surface area contributed by atoms with E-state index in [-0.39, 0.29) is 0 Å². The van der Waals surface area contributed by atoms with Crippen LogP contribution in [0.1, 0.15) is 31.2 Å². The second-order valence-electron chi connectivity index (χ2n) is 10.4. The summed E-state index contributed by atoms with van der Waals surface area (Å²) < 4.78 is 11.3. The monoisotopic (exact) mass is 559 g/mol. The van der Waals surface area contributed by atoms with Gasteiger partial charge in [-0.2, -0.15) is 9.97 Å². The molecular weight excluding hydrogens is 522 g/mol. The molecule has 3 aliphatic heterocycles. The molecule has 9 nitrogen and oxygen atoms in total. The van der Waals surface area contributed by atoms with E-state index in [2.05, 4.69) is 61.7 Å². The molecule has 6 rings (SSSR count). The summed E-state index contributed by atoms with van der Waals surface area (Å²) in [5.74, 6) is 4.00. The number of rotatable bonds is 6. The third-order valence-corrected chi connectivity index (χ3v) is 7.89. The lowest BCUT2D eigenvalue weighted by Gasteiger charge is -2.37. The van der Waals surface area contributed by atoms with Gasteiger partial charge in [-0.3, -0.25) is 0 Å². The van der Waals surface area contributed by atoms with Crippen LogP contribution < -0.4 is 34.8 Å². The minimum atomic E-state index is 0.489. The number of hydrogen-bond donors (Lipinski definition) is 2. The van der Waals surface area contributed by atoms with Crippen LogP contribution in [0, 0.1) is 0 Å². The maximum absolute atomic E-state index is 5.72. The number of para-hydroxylation sites is 1. The molecule has 0 bridgehead atoms. The van der Waals surface area contributed by atoms with Crippen molar-refractivity contribution in [3.63, 3.8) is 0 Å². The van der Waals surface area contributed by atoms with E-state index < -0.39 is 0 Å². The quantitative estimate of drug-likeness (QED) is 0.423. The van der Waals surface area contributed by atoms with Crippen molar-refractivity contribution < 1.29 is 9.47 Å². The number of thiocarbonyl (C=S) groups is 1. The SMILES string of the molecule is S=C(NCc1ccc2c(c1)OCCO2)Nc1nc(N2CCCCCC2)cc(N2CCN(c3ccccc3)CC2)n1. The topological polar surface area (TPSA) is 78.0 Å². The van der Waals surface area contributed by atoms with E-state index in [0.717, 1.165) is 68.0 Å². The number of benzene rings is 2. The molecule has 1 aromatic heterocycles. The highest BCUT2D eigenvalue weighted by Gasteiger charge is 2.22. The van der Waals surface area contributed by atoms with Gasteiger partial charge in [0, 0.05) is 57.6 Å². The predicted molar refractivity (Wildman–Crippen MR) is 164 cm³/mol. The fourth-order valence-electron chi connectivity index (χ4n) is 5.46. The molecule has 40 heavy (non-hydrogen) atoms. The van der Waals surface area contributed by atoms with E-state index in [4.69, 9.17) is 31.7 Å². The van der Waals surface area contributed by atoms with Crippen molar-refractivity contribution >= 4 is 40.6 Å². The van der Waals surface area contributed by atoms with Gasteiger partial charge >= 0.3 is 0 Å². The number of aromatic nitrogens is 2. The summed E-state index contributed by atoms with van der Waals surface area (Å²) >= 11 is 5.65. The Kier molecular flexibility index (Phi) is 8.32. The second-order valence-corrected chi connectivity index (χ2v) is 10.8. The standard InChI is InChI=1S/C30H37N7O2S/c40-30(31-22-23-10-11-25-26(20-23)39-19-18-38-25)34-29-32-27(36-12-6-1-2-7-13-36)21-28(33-29)37-16-14-35(15-17-37)24-8-4-3-5-9-24/h3-5,8-11,20-21H,1-2,6-7,12-19,22H2,(H2,31,32,33,34,40). The van der Waals surface area contributed by atoms with Gasteiger partial charge in [0.2, 0.25) is 5.95 Å². The first-order valence-electron chi connectivity index (χ1n) is 14.3. The molecule has 0 saturated carbocycles. The van der Waals surface area contributed by atoms with Crippen LogP contribution in [0.15, 0.2) is 54.6 Å². The van der Waals surface area contributed by atoms with Crippen LogP contribution >= 0.6 is 12.2 Å². The average molecular weight is 560 g/mol. The lowest BCUT2D eigenvalue weighted by Crippen LogP contribution is -2.47. The van der Waals surface area contributed by atoms with Crippen molar-refractivity contribution in [2.75, 3.05) is 72.5 Å². The Labute approximate surface area is 241 Å². The zero-order valence-corrected chi connectivity index (χ0v) is 23.7. The first-order chi connectivity index (χ1) is 19.7. The van der Waals surface area contributed by atoms with Gasteiger partial charge in [-0.05, 0) is 54.9 Å². The molecule has 2 aromatic carbocycles. The molecule has 2 saturated heterocycles. The zero-order chi connectivity index (χ0) is 27.1. The van der Waals surface area contributed by atoms with Gasteiger partial charge in [-0.25, -0.2) is 0 Å². The van der Waals surface area contributed by atoms with E-state index in [0.29, 0.717) is 30.8 Å². The number of hydrogen-bond acceptors (Lipinski definition) is 8. The van der Waals surface area contributed by atoms with Crippen molar-refractivity contribution in [1.29, 1.82) is 0 Å². The number of anilines is 4. The Morgan fingerprint density at radius 2 is 1.38 bits per heavy atom. The van der Waals surface area contributed by atoms with E-state index >= 15 is 0 Å². The van der Waals surface area contributed by atoms with Crippen molar-refractivity contribution in [3.8, 4) is 11.5 Å². The van der Waals surface area contributed by atoms with Crippen LogP contribution in [0.5, 0.6) is 11.5 Å². The molecule has 2 N–H and O–H groups in total. The van der Waals surface area contributed by atoms with Crippen molar-refractivity contribution in [2.24, 2.45) is 0 Å². The Hall–Kier alpha value is -3.79. The maximum atomic E-state index is 5.72. The fourth-order valence-corrected chi connectivity index (χ4v) is 5.62. The van der Waals surface area contributed by atoms with Gasteiger partial charge in [-0.1, -0.05) is 37.1 Å². The number of ether oxygens (including phenoxy) is 2. The Balaban J connectivity index is 1.15.